The van der Waals surface area contributed by atoms with Gasteiger partial charge in [-0.25, -0.2) is 0 Å². The fraction of sp³-hybridized carbons (Fsp3) is 0.571. The summed E-state index contributed by atoms with van der Waals surface area (Å²) in [6.45, 7) is 3.73. The third kappa shape index (κ3) is 3.02. The molecule has 1 saturated heterocycles. The third-order valence-electron chi connectivity index (χ3n) is 3.62. The first-order chi connectivity index (χ1) is 8.74. The molecular weight excluding hydrogens is 228 g/mol. The van der Waals surface area contributed by atoms with E-state index in [-0.39, 0.29) is 6.04 Å². The first-order valence-electron chi connectivity index (χ1n) is 6.42. The van der Waals surface area contributed by atoms with E-state index in [1.165, 1.54) is 11.1 Å². The van der Waals surface area contributed by atoms with Crippen molar-refractivity contribution >= 4 is 0 Å². The van der Waals surface area contributed by atoms with Crippen molar-refractivity contribution in [3.05, 3.63) is 29.3 Å². The molecule has 1 aliphatic heterocycles. The molecule has 1 heterocycles. The molecule has 1 fully saturated rings. The Balaban J connectivity index is 2.12. The van der Waals surface area contributed by atoms with Crippen LogP contribution in [0, 0.1) is 12.8 Å². The van der Waals surface area contributed by atoms with Gasteiger partial charge in [0.1, 0.15) is 5.75 Å². The van der Waals surface area contributed by atoms with Crippen LogP contribution in [0.25, 0.3) is 0 Å². The number of hydrogen-bond donors (Lipinski definition) is 2. The summed E-state index contributed by atoms with van der Waals surface area (Å²) < 4.78 is 10.8. The van der Waals surface area contributed by atoms with Crippen LogP contribution < -0.4 is 16.0 Å². The molecule has 2 atom stereocenters. The maximum atomic E-state index is 5.68. The first-order valence-corrected chi connectivity index (χ1v) is 6.42. The molecule has 1 aromatic rings. The normalized spacial score (nSPS) is 20.9. The van der Waals surface area contributed by atoms with E-state index in [0.717, 1.165) is 31.8 Å². The van der Waals surface area contributed by atoms with Crippen molar-refractivity contribution in [3.8, 4) is 5.75 Å². The number of hydrogen-bond acceptors (Lipinski definition) is 4. The van der Waals surface area contributed by atoms with Crippen LogP contribution in [0.2, 0.25) is 0 Å². The van der Waals surface area contributed by atoms with Crippen LogP contribution in [-0.2, 0) is 11.2 Å². The Morgan fingerprint density at radius 2 is 2.39 bits per heavy atom. The fourth-order valence-corrected chi connectivity index (χ4v) is 2.54. The Morgan fingerprint density at radius 3 is 3.00 bits per heavy atom. The van der Waals surface area contributed by atoms with Gasteiger partial charge in [0.25, 0.3) is 0 Å². The number of nitrogens with one attached hydrogen (secondary N) is 1. The zero-order chi connectivity index (χ0) is 13.0. The lowest BCUT2D eigenvalue weighted by Gasteiger charge is -2.22. The summed E-state index contributed by atoms with van der Waals surface area (Å²) in [4.78, 5) is 0. The van der Waals surface area contributed by atoms with Crippen molar-refractivity contribution in [1.29, 1.82) is 0 Å². The average Bonchev–Trinajstić information content (AvgIpc) is 2.90. The van der Waals surface area contributed by atoms with Gasteiger partial charge in [0.15, 0.2) is 0 Å². The van der Waals surface area contributed by atoms with E-state index in [1.807, 2.05) is 6.07 Å². The van der Waals surface area contributed by atoms with Gasteiger partial charge in [-0.05, 0) is 31.4 Å². The second-order valence-electron chi connectivity index (χ2n) is 4.92. The van der Waals surface area contributed by atoms with E-state index in [1.54, 1.807) is 7.11 Å². The monoisotopic (exact) mass is 250 g/mol. The van der Waals surface area contributed by atoms with Crippen molar-refractivity contribution in [1.82, 2.24) is 5.43 Å². The number of methoxy groups -OCH3 is 1. The highest BCUT2D eigenvalue weighted by molar-refractivity contribution is 5.37. The molecule has 2 rings (SSSR count). The number of rotatable bonds is 5. The van der Waals surface area contributed by atoms with Gasteiger partial charge < -0.3 is 9.47 Å². The molecule has 4 heteroatoms. The molecule has 0 bridgehead atoms. The number of benzene rings is 1. The predicted molar refractivity (Wildman–Crippen MR) is 71.5 cm³/mol. The standard InChI is InChI=1S/C14H22N2O2/c1-10-3-4-14(17-2)12(7-10)8-13(16-15)11-5-6-18-9-11/h3-4,7,11,13,16H,5-6,8-9,15H2,1-2H3. The second kappa shape index (κ2) is 6.18. The first kappa shape index (κ1) is 13.3. The molecule has 0 radical (unpaired) electrons. The number of hydrazine groups is 1. The lowest BCUT2D eigenvalue weighted by Crippen LogP contribution is -2.42. The van der Waals surface area contributed by atoms with Crippen LogP contribution in [0.4, 0.5) is 0 Å². The zero-order valence-electron chi connectivity index (χ0n) is 11.1. The summed E-state index contributed by atoms with van der Waals surface area (Å²) in [5.41, 5.74) is 5.37. The predicted octanol–water partition coefficient (Wildman–Crippen LogP) is 1.41. The zero-order valence-corrected chi connectivity index (χ0v) is 11.1. The third-order valence-corrected chi connectivity index (χ3v) is 3.62. The van der Waals surface area contributed by atoms with E-state index >= 15 is 0 Å². The van der Waals surface area contributed by atoms with Gasteiger partial charge >= 0.3 is 0 Å². The summed E-state index contributed by atoms with van der Waals surface area (Å²) in [7, 11) is 1.71. The van der Waals surface area contributed by atoms with Crippen molar-refractivity contribution in [2.24, 2.45) is 11.8 Å². The Bertz CT molecular complexity index is 389. The Labute approximate surface area is 108 Å². The van der Waals surface area contributed by atoms with Gasteiger partial charge in [-0.15, -0.1) is 0 Å². The van der Waals surface area contributed by atoms with Crippen LogP contribution in [0.3, 0.4) is 0 Å². The summed E-state index contributed by atoms with van der Waals surface area (Å²) in [5.74, 6) is 7.10. The van der Waals surface area contributed by atoms with E-state index in [4.69, 9.17) is 15.3 Å². The molecular formula is C14H22N2O2. The lowest BCUT2D eigenvalue weighted by molar-refractivity contribution is 0.176. The van der Waals surface area contributed by atoms with Crippen molar-refractivity contribution in [3.63, 3.8) is 0 Å². The van der Waals surface area contributed by atoms with E-state index < -0.39 is 0 Å². The molecule has 100 valence electrons. The molecule has 18 heavy (non-hydrogen) atoms. The molecule has 3 N–H and O–H groups in total. The summed E-state index contributed by atoms with van der Waals surface area (Å²) in [6, 6.07) is 6.48. The Kier molecular flexibility index (Phi) is 4.58. The highest BCUT2D eigenvalue weighted by Gasteiger charge is 2.25. The van der Waals surface area contributed by atoms with Gasteiger partial charge in [-0.2, -0.15) is 0 Å². The number of nitrogens with two attached hydrogens (primary N) is 1. The Morgan fingerprint density at radius 1 is 1.56 bits per heavy atom. The lowest BCUT2D eigenvalue weighted by atomic mass is 9.92. The van der Waals surface area contributed by atoms with Crippen LogP contribution in [0.1, 0.15) is 17.5 Å². The molecule has 0 saturated carbocycles. The van der Waals surface area contributed by atoms with Crippen LogP contribution in [0.5, 0.6) is 5.75 Å². The molecule has 1 aliphatic rings. The maximum absolute atomic E-state index is 5.68. The minimum absolute atomic E-state index is 0.239. The Hall–Kier alpha value is -1.10. The molecule has 0 aromatic heterocycles. The molecule has 4 nitrogen and oxygen atoms in total. The number of aryl methyl sites for hydroxylation is 1. The molecule has 1 aromatic carbocycles. The minimum Gasteiger partial charge on any atom is -0.496 e. The SMILES string of the molecule is COc1ccc(C)cc1CC(NN)C1CCOC1. The maximum Gasteiger partial charge on any atom is 0.122 e. The van der Waals surface area contributed by atoms with Crippen molar-refractivity contribution < 1.29 is 9.47 Å². The van der Waals surface area contributed by atoms with Crippen molar-refractivity contribution in [2.75, 3.05) is 20.3 Å². The average molecular weight is 250 g/mol. The van der Waals surface area contributed by atoms with Crippen molar-refractivity contribution in [2.45, 2.75) is 25.8 Å². The minimum atomic E-state index is 0.239. The van der Waals surface area contributed by atoms with Gasteiger partial charge in [-0.1, -0.05) is 17.7 Å². The van der Waals surface area contributed by atoms with Crippen LogP contribution in [-0.4, -0.2) is 26.4 Å². The van der Waals surface area contributed by atoms with E-state index in [0.29, 0.717) is 5.92 Å². The van der Waals surface area contributed by atoms with E-state index in [9.17, 15) is 0 Å². The molecule has 0 aliphatic carbocycles. The smallest absolute Gasteiger partial charge is 0.122 e. The quantitative estimate of drug-likeness (QED) is 0.613. The highest BCUT2D eigenvalue weighted by atomic mass is 16.5. The second-order valence-corrected chi connectivity index (χ2v) is 4.92. The highest BCUT2D eigenvalue weighted by Crippen LogP contribution is 2.25. The molecule has 0 spiro atoms. The summed E-state index contributed by atoms with van der Waals surface area (Å²) in [5, 5.41) is 0. The van der Waals surface area contributed by atoms with Crippen LogP contribution in [0.15, 0.2) is 18.2 Å². The van der Waals surface area contributed by atoms with Gasteiger partial charge in [0.05, 0.1) is 13.7 Å². The molecule has 2 unspecified atom stereocenters. The largest absolute Gasteiger partial charge is 0.496 e. The van der Waals surface area contributed by atoms with E-state index in [2.05, 4.69) is 24.5 Å². The topological polar surface area (TPSA) is 56.5 Å². The van der Waals surface area contributed by atoms with Gasteiger partial charge in [-0.3, -0.25) is 11.3 Å². The van der Waals surface area contributed by atoms with Crippen LogP contribution >= 0.6 is 0 Å². The number of ether oxygens (including phenoxy) is 2. The summed E-state index contributed by atoms with van der Waals surface area (Å²) >= 11 is 0. The summed E-state index contributed by atoms with van der Waals surface area (Å²) in [6.07, 6.45) is 1.94. The van der Waals surface area contributed by atoms with Gasteiger partial charge in [0.2, 0.25) is 0 Å². The molecule has 0 amide bonds. The van der Waals surface area contributed by atoms with Gasteiger partial charge in [0, 0.05) is 18.6 Å². The fourth-order valence-electron chi connectivity index (χ4n) is 2.54.